The molecule has 36 heavy (non-hydrogen) atoms. The summed E-state index contributed by atoms with van der Waals surface area (Å²) in [6, 6.07) is 49.2. The van der Waals surface area contributed by atoms with Crippen LogP contribution in [0, 0.1) is 0 Å². The van der Waals surface area contributed by atoms with Crippen molar-refractivity contribution < 1.29 is 0 Å². The molecule has 0 nitrogen and oxygen atoms in total. The van der Waals surface area contributed by atoms with E-state index in [-0.39, 0.29) is 0 Å². The largest absolute Gasteiger partial charge is 0.0622 e. The van der Waals surface area contributed by atoms with Crippen molar-refractivity contribution in [1.29, 1.82) is 0 Å². The normalized spacial score (nSPS) is 13.1. The molecule has 0 fully saturated rings. The summed E-state index contributed by atoms with van der Waals surface area (Å²) in [6.45, 7) is 4.82. The standard InChI is InChI=1S/C34H28P2/c1-35(27-15-5-3-6-16-27)31-23-21-25-13-9-11-19-29(25)33(31)34-30-20-12-10-14-26(30)22-24-32(34)36(2)28-17-7-4-8-18-28/h3-24H,1-2H3. The smallest absolute Gasteiger partial charge is 0.00124 e. The number of fused-ring (bicyclic) bond motifs is 2. The van der Waals surface area contributed by atoms with E-state index in [9.17, 15) is 0 Å². The molecular formula is C34H28P2. The lowest BCUT2D eigenvalue weighted by molar-refractivity contribution is 1.72. The van der Waals surface area contributed by atoms with Crippen LogP contribution in [0.3, 0.4) is 0 Å². The lowest BCUT2D eigenvalue weighted by atomic mass is 9.93. The van der Waals surface area contributed by atoms with E-state index in [1.165, 1.54) is 53.9 Å². The summed E-state index contributed by atoms with van der Waals surface area (Å²) in [4.78, 5) is 0. The van der Waals surface area contributed by atoms with Gasteiger partial charge < -0.3 is 0 Å². The van der Waals surface area contributed by atoms with Gasteiger partial charge in [0.1, 0.15) is 0 Å². The van der Waals surface area contributed by atoms with Crippen LogP contribution in [0.4, 0.5) is 0 Å². The molecule has 0 spiro atoms. The molecule has 2 atom stereocenters. The Kier molecular flexibility index (Phi) is 6.41. The van der Waals surface area contributed by atoms with Crippen molar-refractivity contribution in [3.63, 3.8) is 0 Å². The first kappa shape index (κ1) is 23.1. The van der Waals surface area contributed by atoms with Gasteiger partial charge in [0.25, 0.3) is 0 Å². The summed E-state index contributed by atoms with van der Waals surface area (Å²) in [5.74, 6) is 0. The first-order valence-corrected chi connectivity index (χ1v) is 15.9. The van der Waals surface area contributed by atoms with Gasteiger partial charge in [0, 0.05) is 0 Å². The van der Waals surface area contributed by atoms with Crippen molar-refractivity contribution in [2.45, 2.75) is 0 Å². The van der Waals surface area contributed by atoms with E-state index in [0.717, 1.165) is 0 Å². The highest BCUT2D eigenvalue weighted by molar-refractivity contribution is 7.73. The molecule has 0 saturated carbocycles. The molecule has 0 heterocycles. The van der Waals surface area contributed by atoms with Crippen LogP contribution in [0.5, 0.6) is 0 Å². The second kappa shape index (κ2) is 9.99. The maximum Gasteiger partial charge on any atom is -0.00124 e. The highest BCUT2D eigenvalue weighted by Crippen LogP contribution is 2.43. The third kappa shape index (κ3) is 4.16. The predicted octanol–water partition coefficient (Wildman–Crippen LogP) is 7.79. The average molecular weight is 499 g/mol. The number of benzene rings is 6. The van der Waals surface area contributed by atoms with E-state index < -0.39 is 15.8 Å². The van der Waals surface area contributed by atoms with Crippen molar-refractivity contribution in [1.82, 2.24) is 0 Å². The number of hydrogen-bond acceptors (Lipinski definition) is 0. The second-order valence-electron chi connectivity index (χ2n) is 9.15. The Labute approximate surface area is 216 Å². The SMILES string of the molecule is CP(c1ccccc1)c1ccc2ccccc2c1-c1c(P(C)c2ccccc2)ccc2ccccc12. The van der Waals surface area contributed by atoms with Crippen molar-refractivity contribution in [3.05, 3.63) is 133 Å². The summed E-state index contributed by atoms with van der Waals surface area (Å²) in [6.07, 6.45) is 0. The molecule has 2 unspecified atom stereocenters. The fraction of sp³-hybridized carbons (Fsp3) is 0.0588. The topological polar surface area (TPSA) is 0 Å². The Balaban J connectivity index is 1.72. The monoisotopic (exact) mass is 498 g/mol. The van der Waals surface area contributed by atoms with Gasteiger partial charge in [-0.15, -0.1) is 0 Å². The third-order valence-electron chi connectivity index (χ3n) is 7.07. The molecule has 0 radical (unpaired) electrons. The molecule has 0 amide bonds. The van der Waals surface area contributed by atoms with Gasteiger partial charge in [0.2, 0.25) is 0 Å². The zero-order valence-electron chi connectivity index (χ0n) is 20.6. The molecule has 0 N–H and O–H groups in total. The van der Waals surface area contributed by atoms with Gasteiger partial charge in [0.15, 0.2) is 0 Å². The molecule has 6 aromatic rings. The lowest BCUT2D eigenvalue weighted by Gasteiger charge is -2.25. The van der Waals surface area contributed by atoms with Crippen LogP contribution in [-0.4, -0.2) is 13.3 Å². The zero-order chi connectivity index (χ0) is 24.5. The summed E-state index contributed by atoms with van der Waals surface area (Å²) < 4.78 is 0. The molecule has 0 saturated heterocycles. The molecule has 174 valence electrons. The van der Waals surface area contributed by atoms with E-state index in [2.05, 4.69) is 147 Å². The van der Waals surface area contributed by atoms with Gasteiger partial charge in [-0.1, -0.05) is 133 Å². The van der Waals surface area contributed by atoms with Crippen LogP contribution in [-0.2, 0) is 0 Å². The van der Waals surface area contributed by atoms with E-state index >= 15 is 0 Å². The summed E-state index contributed by atoms with van der Waals surface area (Å²) in [5, 5.41) is 11.0. The van der Waals surface area contributed by atoms with Crippen LogP contribution in [0.1, 0.15) is 0 Å². The second-order valence-corrected chi connectivity index (χ2v) is 13.4. The van der Waals surface area contributed by atoms with Gasteiger partial charge in [-0.3, -0.25) is 0 Å². The zero-order valence-corrected chi connectivity index (χ0v) is 22.4. The molecular weight excluding hydrogens is 470 g/mol. The molecule has 0 aliphatic carbocycles. The number of rotatable bonds is 5. The summed E-state index contributed by atoms with van der Waals surface area (Å²) >= 11 is 0. The maximum atomic E-state index is 2.41. The van der Waals surface area contributed by atoms with Crippen molar-refractivity contribution in [2.24, 2.45) is 0 Å². The van der Waals surface area contributed by atoms with Crippen LogP contribution < -0.4 is 21.2 Å². The van der Waals surface area contributed by atoms with Crippen molar-refractivity contribution in [3.8, 4) is 11.1 Å². The van der Waals surface area contributed by atoms with E-state index in [0.29, 0.717) is 0 Å². The number of hydrogen-bond donors (Lipinski definition) is 0. The molecule has 0 bridgehead atoms. The van der Waals surface area contributed by atoms with Gasteiger partial charge in [-0.25, -0.2) is 0 Å². The van der Waals surface area contributed by atoms with Crippen molar-refractivity contribution in [2.75, 3.05) is 13.3 Å². The van der Waals surface area contributed by atoms with Crippen LogP contribution in [0.15, 0.2) is 133 Å². The quantitative estimate of drug-likeness (QED) is 0.213. The van der Waals surface area contributed by atoms with Gasteiger partial charge in [-0.2, -0.15) is 0 Å². The Morgan fingerprint density at radius 3 is 1.14 bits per heavy atom. The maximum absolute atomic E-state index is 2.41. The van der Waals surface area contributed by atoms with Gasteiger partial charge >= 0.3 is 0 Å². The van der Waals surface area contributed by atoms with Crippen molar-refractivity contribution >= 4 is 58.6 Å². The van der Waals surface area contributed by atoms with E-state index in [4.69, 9.17) is 0 Å². The molecule has 6 rings (SSSR count). The Morgan fingerprint density at radius 2 is 0.722 bits per heavy atom. The molecule has 0 aliphatic heterocycles. The Hall–Kier alpha value is -3.30. The van der Waals surface area contributed by atoms with Crippen LogP contribution in [0.2, 0.25) is 0 Å². The van der Waals surface area contributed by atoms with Crippen LogP contribution >= 0.6 is 15.8 Å². The molecule has 0 aliphatic rings. The summed E-state index contributed by atoms with van der Waals surface area (Å²) in [5.41, 5.74) is 2.81. The summed E-state index contributed by atoms with van der Waals surface area (Å²) in [7, 11) is -1.05. The minimum absolute atomic E-state index is 0.523. The first-order valence-electron chi connectivity index (χ1n) is 12.3. The fourth-order valence-electron chi connectivity index (χ4n) is 5.19. The van der Waals surface area contributed by atoms with E-state index in [1.54, 1.807) is 0 Å². The molecule has 2 heteroatoms. The highest BCUT2D eigenvalue weighted by Gasteiger charge is 2.23. The Morgan fingerprint density at radius 1 is 0.361 bits per heavy atom. The minimum Gasteiger partial charge on any atom is -0.0622 e. The average Bonchev–Trinajstić information content (AvgIpc) is 2.96. The molecule has 0 aromatic heterocycles. The lowest BCUT2D eigenvalue weighted by Crippen LogP contribution is -2.19. The third-order valence-corrected chi connectivity index (χ3v) is 11.4. The highest BCUT2D eigenvalue weighted by atomic mass is 31.1. The van der Waals surface area contributed by atoms with Crippen LogP contribution in [0.25, 0.3) is 32.7 Å². The minimum atomic E-state index is -0.523. The fourth-order valence-corrected chi connectivity index (χ4v) is 8.71. The first-order chi connectivity index (χ1) is 17.7. The van der Waals surface area contributed by atoms with Gasteiger partial charge in [-0.05, 0) is 83.1 Å². The van der Waals surface area contributed by atoms with Gasteiger partial charge in [0.05, 0.1) is 0 Å². The Bertz CT molecular complexity index is 1530. The predicted molar refractivity (Wildman–Crippen MR) is 164 cm³/mol. The molecule has 6 aromatic carbocycles. The van der Waals surface area contributed by atoms with E-state index in [1.807, 2.05) is 0 Å².